The van der Waals surface area contributed by atoms with Gasteiger partial charge in [0, 0.05) is 6.54 Å². The molecule has 1 N–H and O–H groups in total. The lowest BCUT2D eigenvalue weighted by molar-refractivity contribution is 0.0921. The molecule has 3 rings (SSSR count). The normalized spacial score (nSPS) is 21.6. The van der Waals surface area contributed by atoms with Crippen LogP contribution in [0.3, 0.4) is 0 Å². The summed E-state index contributed by atoms with van der Waals surface area (Å²) in [5, 5.41) is 2.92. The molecule has 23 heavy (non-hydrogen) atoms. The smallest absolute Gasteiger partial charge is 0.273 e. The fourth-order valence-corrected chi connectivity index (χ4v) is 3.04. The number of likely N-dealkylation sites (tertiary alicyclic amines) is 1. The number of hydrogen-bond acceptors (Lipinski definition) is 4. The van der Waals surface area contributed by atoms with Crippen molar-refractivity contribution in [1.82, 2.24) is 15.2 Å². The Morgan fingerprint density at radius 2 is 2.17 bits per heavy atom. The number of amides is 1. The monoisotopic (exact) mass is 321 g/mol. The molecule has 0 aliphatic carbocycles. The third-order valence-corrected chi connectivity index (χ3v) is 4.21. The van der Waals surface area contributed by atoms with Crippen molar-refractivity contribution in [3.05, 3.63) is 53.2 Å². The maximum atomic E-state index is 13.5. The molecule has 1 aromatic carbocycles. The van der Waals surface area contributed by atoms with Crippen molar-refractivity contribution in [3.8, 4) is 0 Å². The zero-order valence-electron chi connectivity index (χ0n) is 12.8. The Morgan fingerprint density at radius 3 is 2.83 bits per heavy atom. The molecule has 5 nitrogen and oxygen atoms in total. The van der Waals surface area contributed by atoms with Crippen LogP contribution >= 0.6 is 0 Å². The van der Waals surface area contributed by atoms with E-state index in [0.717, 1.165) is 12.6 Å². The zero-order valence-corrected chi connectivity index (χ0v) is 12.8. The highest BCUT2D eigenvalue weighted by Crippen LogP contribution is 2.32. The highest BCUT2D eigenvalue weighted by atomic mass is 19.2. The van der Waals surface area contributed by atoms with Gasteiger partial charge in [-0.15, -0.1) is 0 Å². The van der Waals surface area contributed by atoms with E-state index in [-0.39, 0.29) is 23.7 Å². The number of nitrogens with one attached hydrogen (secondary N) is 1. The van der Waals surface area contributed by atoms with Crippen LogP contribution in [0, 0.1) is 18.6 Å². The van der Waals surface area contributed by atoms with Gasteiger partial charge in [-0.2, -0.15) is 0 Å². The summed E-state index contributed by atoms with van der Waals surface area (Å²) in [5.74, 6) is -1.66. The summed E-state index contributed by atoms with van der Waals surface area (Å²) in [6.07, 6.45) is 1.93. The molecule has 0 spiro atoms. The summed E-state index contributed by atoms with van der Waals surface area (Å²) in [5.41, 5.74) is 0.870. The van der Waals surface area contributed by atoms with E-state index in [9.17, 15) is 13.6 Å². The van der Waals surface area contributed by atoms with Crippen molar-refractivity contribution in [2.45, 2.75) is 25.4 Å². The molecule has 0 bridgehead atoms. The first kappa shape index (κ1) is 15.6. The zero-order chi connectivity index (χ0) is 16.6. The molecule has 7 heteroatoms. The number of oxazole rings is 1. The number of aromatic nitrogens is 1. The van der Waals surface area contributed by atoms with Crippen LogP contribution < -0.4 is 5.32 Å². The molecule has 122 valence electrons. The molecule has 1 aromatic heterocycles. The number of hydrogen-bond donors (Lipinski definition) is 1. The van der Waals surface area contributed by atoms with E-state index in [1.54, 1.807) is 13.0 Å². The molecule has 2 heterocycles. The first-order valence-corrected chi connectivity index (χ1v) is 7.33. The summed E-state index contributed by atoms with van der Waals surface area (Å²) in [6.45, 7) is 2.40. The molecule has 2 unspecified atom stereocenters. The van der Waals surface area contributed by atoms with Gasteiger partial charge in [0.15, 0.2) is 23.7 Å². The van der Waals surface area contributed by atoms with Gasteiger partial charge in [0.1, 0.15) is 5.76 Å². The average Bonchev–Trinajstić information content (AvgIpc) is 3.08. The summed E-state index contributed by atoms with van der Waals surface area (Å²) in [4.78, 5) is 18.2. The van der Waals surface area contributed by atoms with Crippen LogP contribution in [0.5, 0.6) is 0 Å². The van der Waals surface area contributed by atoms with Gasteiger partial charge in [-0.1, -0.05) is 6.07 Å². The van der Waals surface area contributed by atoms with E-state index in [2.05, 4.69) is 10.3 Å². The summed E-state index contributed by atoms with van der Waals surface area (Å²) in [7, 11) is 1.89. The molecule has 0 radical (unpaired) electrons. The maximum absolute atomic E-state index is 13.5. The number of halogens is 2. The van der Waals surface area contributed by atoms with Gasteiger partial charge in [-0.25, -0.2) is 13.8 Å². The lowest BCUT2D eigenvalue weighted by atomic mass is 9.99. The van der Waals surface area contributed by atoms with Crippen LogP contribution in [0.25, 0.3) is 0 Å². The molecule has 2 atom stereocenters. The lowest BCUT2D eigenvalue weighted by Gasteiger charge is -2.26. The number of carbonyl (C=O) groups is 1. The molecule has 1 amide bonds. The van der Waals surface area contributed by atoms with Crippen molar-refractivity contribution >= 4 is 5.91 Å². The van der Waals surface area contributed by atoms with E-state index in [1.807, 2.05) is 11.9 Å². The number of carbonyl (C=O) groups excluding carboxylic acids is 1. The Kier molecular flexibility index (Phi) is 4.12. The number of likely N-dealkylation sites (N-methyl/N-ethyl adjacent to an activating group) is 1. The summed E-state index contributed by atoms with van der Waals surface area (Å²) in [6, 6.07) is 3.40. The van der Waals surface area contributed by atoms with Gasteiger partial charge in [0.2, 0.25) is 0 Å². The predicted octanol–water partition coefficient (Wildman–Crippen LogP) is 2.44. The minimum Gasteiger partial charge on any atom is -0.448 e. The molecular formula is C16H17F2N3O2. The van der Waals surface area contributed by atoms with Crippen molar-refractivity contribution in [1.29, 1.82) is 0 Å². The molecule has 1 saturated heterocycles. The minimum atomic E-state index is -0.889. The second kappa shape index (κ2) is 6.08. The lowest BCUT2D eigenvalue weighted by Crippen LogP contribution is -2.39. The van der Waals surface area contributed by atoms with E-state index >= 15 is 0 Å². The molecule has 2 aromatic rings. The van der Waals surface area contributed by atoms with E-state index in [0.29, 0.717) is 17.7 Å². The number of nitrogens with zero attached hydrogens (tertiary/aromatic N) is 2. The average molecular weight is 321 g/mol. The standard InChI is InChI=1S/C16H17F2N3O2/c1-9-14(19-8-23-9)16(22)20-13-5-6-21(2)15(13)10-3-4-11(17)12(18)7-10/h3-4,7-8,13,15H,5-6H2,1-2H3,(H,20,22). The second-order valence-corrected chi connectivity index (χ2v) is 5.72. The highest BCUT2D eigenvalue weighted by molar-refractivity contribution is 5.93. The molecular weight excluding hydrogens is 304 g/mol. The Morgan fingerprint density at radius 1 is 1.39 bits per heavy atom. The van der Waals surface area contributed by atoms with E-state index < -0.39 is 11.6 Å². The van der Waals surface area contributed by atoms with E-state index in [1.165, 1.54) is 12.5 Å². The Hall–Kier alpha value is -2.28. The first-order valence-electron chi connectivity index (χ1n) is 7.33. The second-order valence-electron chi connectivity index (χ2n) is 5.72. The summed E-state index contributed by atoms with van der Waals surface area (Å²) < 4.78 is 31.7. The largest absolute Gasteiger partial charge is 0.448 e. The van der Waals surface area contributed by atoms with Gasteiger partial charge in [-0.05, 0) is 38.1 Å². The van der Waals surface area contributed by atoms with Crippen molar-refractivity contribution < 1.29 is 18.0 Å². The fourth-order valence-electron chi connectivity index (χ4n) is 3.04. The van der Waals surface area contributed by atoms with Crippen LogP contribution in [-0.2, 0) is 0 Å². The SMILES string of the molecule is Cc1ocnc1C(=O)NC1CCN(C)C1c1ccc(F)c(F)c1. The van der Waals surface area contributed by atoms with Crippen LogP contribution in [0.1, 0.15) is 34.3 Å². The Balaban J connectivity index is 1.82. The summed E-state index contributed by atoms with van der Waals surface area (Å²) >= 11 is 0. The number of aryl methyl sites for hydroxylation is 1. The van der Waals surface area contributed by atoms with Gasteiger partial charge in [0.25, 0.3) is 5.91 Å². The molecule has 1 aliphatic heterocycles. The minimum absolute atomic E-state index is 0.214. The Labute approximate surface area is 132 Å². The predicted molar refractivity (Wildman–Crippen MR) is 78.8 cm³/mol. The number of benzene rings is 1. The van der Waals surface area contributed by atoms with Crippen LogP contribution in [0.2, 0.25) is 0 Å². The van der Waals surface area contributed by atoms with Gasteiger partial charge in [0.05, 0.1) is 12.1 Å². The van der Waals surface area contributed by atoms with Gasteiger partial charge < -0.3 is 9.73 Å². The molecule has 0 saturated carbocycles. The van der Waals surface area contributed by atoms with Crippen LogP contribution in [-0.4, -0.2) is 35.4 Å². The van der Waals surface area contributed by atoms with Crippen LogP contribution in [0.15, 0.2) is 29.0 Å². The third-order valence-electron chi connectivity index (χ3n) is 4.21. The molecule has 1 aliphatic rings. The fraction of sp³-hybridized carbons (Fsp3) is 0.375. The van der Waals surface area contributed by atoms with E-state index in [4.69, 9.17) is 4.42 Å². The quantitative estimate of drug-likeness (QED) is 0.943. The highest BCUT2D eigenvalue weighted by Gasteiger charge is 2.35. The third kappa shape index (κ3) is 2.96. The van der Waals surface area contributed by atoms with Gasteiger partial charge in [-0.3, -0.25) is 9.69 Å². The van der Waals surface area contributed by atoms with Gasteiger partial charge >= 0.3 is 0 Å². The first-order chi connectivity index (χ1) is 11.0. The van der Waals surface area contributed by atoms with Crippen molar-refractivity contribution in [2.24, 2.45) is 0 Å². The van der Waals surface area contributed by atoms with Crippen LogP contribution in [0.4, 0.5) is 8.78 Å². The topological polar surface area (TPSA) is 58.4 Å². The number of rotatable bonds is 3. The van der Waals surface area contributed by atoms with Crippen molar-refractivity contribution in [3.63, 3.8) is 0 Å². The van der Waals surface area contributed by atoms with Crippen molar-refractivity contribution in [2.75, 3.05) is 13.6 Å². The molecule has 1 fully saturated rings. The maximum Gasteiger partial charge on any atom is 0.273 e. The Bertz CT molecular complexity index is 732.